The fraction of sp³-hybridized carbons (Fsp3) is 0.222. The molecule has 10 heteroatoms. The zero-order chi connectivity index (χ0) is 20.6. The summed E-state index contributed by atoms with van der Waals surface area (Å²) >= 11 is 6.04. The molecule has 6 nitrogen and oxygen atoms in total. The second kappa shape index (κ2) is 7.23. The zero-order valence-corrected chi connectivity index (χ0v) is 15.8. The molecule has 1 amide bonds. The quantitative estimate of drug-likeness (QED) is 0.679. The molecule has 1 N–H and O–H groups in total. The number of rotatable bonds is 4. The van der Waals surface area contributed by atoms with Gasteiger partial charge in [0.2, 0.25) is 0 Å². The van der Waals surface area contributed by atoms with Crippen LogP contribution in [-0.2, 0) is 6.18 Å². The second-order valence-corrected chi connectivity index (χ2v) is 6.24. The Kier molecular flexibility index (Phi) is 5.12. The molecule has 0 radical (unpaired) electrons. The molecule has 2 heterocycles. The van der Waals surface area contributed by atoms with Gasteiger partial charge in [-0.3, -0.25) is 9.20 Å². The number of carbonyl (C=O) groups is 1. The number of methoxy groups -OCH3 is 2. The number of aryl methyl sites for hydroxylation is 1. The van der Waals surface area contributed by atoms with E-state index in [4.69, 9.17) is 21.1 Å². The van der Waals surface area contributed by atoms with Crippen molar-refractivity contribution >= 4 is 28.8 Å². The van der Waals surface area contributed by atoms with Crippen molar-refractivity contribution in [1.82, 2.24) is 9.38 Å². The van der Waals surface area contributed by atoms with Gasteiger partial charge in [-0.05, 0) is 19.1 Å². The van der Waals surface area contributed by atoms with Crippen molar-refractivity contribution in [1.29, 1.82) is 0 Å². The van der Waals surface area contributed by atoms with Crippen LogP contribution in [0.15, 0.2) is 30.5 Å². The SMILES string of the molecule is COc1cc(NC(=O)c2c(C)nc3ccc(C(F)(F)F)cn23)c(OC)cc1Cl. The van der Waals surface area contributed by atoms with Crippen LogP contribution in [0.2, 0.25) is 5.02 Å². The van der Waals surface area contributed by atoms with Gasteiger partial charge >= 0.3 is 6.18 Å². The molecule has 0 aliphatic rings. The summed E-state index contributed by atoms with van der Waals surface area (Å²) in [5, 5.41) is 2.89. The van der Waals surface area contributed by atoms with Gasteiger partial charge in [-0.1, -0.05) is 11.6 Å². The van der Waals surface area contributed by atoms with Crippen molar-refractivity contribution < 1.29 is 27.4 Å². The van der Waals surface area contributed by atoms with Crippen LogP contribution in [0.1, 0.15) is 21.7 Å². The highest BCUT2D eigenvalue weighted by atomic mass is 35.5. The molecule has 0 aliphatic heterocycles. The molecule has 3 aromatic rings. The monoisotopic (exact) mass is 413 g/mol. The minimum Gasteiger partial charge on any atom is -0.495 e. The van der Waals surface area contributed by atoms with Gasteiger partial charge in [0.25, 0.3) is 5.91 Å². The van der Waals surface area contributed by atoms with E-state index in [9.17, 15) is 18.0 Å². The van der Waals surface area contributed by atoms with E-state index in [0.717, 1.165) is 16.7 Å². The van der Waals surface area contributed by atoms with E-state index in [1.807, 2.05) is 0 Å². The van der Waals surface area contributed by atoms with Crippen molar-refractivity contribution in [2.45, 2.75) is 13.1 Å². The fourth-order valence-electron chi connectivity index (χ4n) is 2.74. The summed E-state index contributed by atoms with van der Waals surface area (Å²) in [5.74, 6) is -0.0967. The number of amides is 1. The van der Waals surface area contributed by atoms with Gasteiger partial charge in [-0.25, -0.2) is 4.98 Å². The predicted octanol–water partition coefficient (Wildman–Crippen LogP) is 4.58. The molecule has 148 valence electrons. The number of carbonyl (C=O) groups excluding carboxylic acids is 1. The minimum atomic E-state index is -4.55. The number of alkyl halides is 3. The Morgan fingerprint density at radius 3 is 2.46 bits per heavy atom. The Morgan fingerprint density at radius 1 is 1.18 bits per heavy atom. The topological polar surface area (TPSA) is 64.9 Å². The molecule has 2 aromatic heterocycles. The highest BCUT2D eigenvalue weighted by molar-refractivity contribution is 6.32. The van der Waals surface area contributed by atoms with Gasteiger partial charge in [0, 0.05) is 18.3 Å². The number of pyridine rings is 1. The summed E-state index contributed by atoms with van der Waals surface area (Å²) in [6.07, 6.45) is -3.71. The van der Waals surface area contributed by atoms with E-state index in [2.05, 4.69) is 10.3 Å². The summed E-state index contributed by atoms with van der Waals surface area (Å²) in [4.78, 5) is 17.0. The van der Waals surface area contributed by atoms with Crippen LogP contribution < -0.4 is 14.8 Å². The molecule has 0 saturated carbocycles. The molecule has 0 fully saturated rings. The third kappa shape index (κ3) is 3.57. The van der Waals surface area contributed by atoms with E-state index >= 15 is 0 Å². The molecule has 0 aliphatic carbocycles. The summed E-state index contributed by atoms with van der Waals surface area (Å²) in [7, 11) is 2.80. The van der Waals surface area contributed by atoms with Gasteiger partial charge in [0.1, 0.15) is 22.8 Å². The number of anilines is 1. The first kappa shape index (κ1) is 19.8. The van der Waals surface area contributed by atoms with Gasteiger partial charge in [-0.2, -0.15) is 13.2 Å². The highest BCUT2D eigenvalue weighted by Gasteiger charge is 2.31. The van der Waals surface area contributed by atoms with Crippen molar-refractivity contribution in [3.05, 3.63) is 52.4 Å². The summed E-state index contributed by atoms with van der Waals surface area (Å²) in [5.41, 5.74) is -0.183. The van der Waals surface area contributed by atoms with Crippen molar-refractivity contribution in [2.24, 2.45) is 0 Å². The predicted molar refractivity (Wildman–Crippen MR) is 97.4 cm³/mol. The first-order valence-electron chi connectivity index (χ1n) is 7.94. The lowest BCUT2D eigenvalue weighted by Gasteiger charge is -2.13. The number of hydrogen-bond acceptors (Lipinski definition) is 4. The molecule has 0 spiro atoms. The lowest BCUT2D eigenvalue weighted by Crippen LogP contribution is -2.17. The third-order valence-corrected chi connectivity index (χ3v) is 4.35. The molecule has 0 bridgehead atoms. The van der Waals surface area contributed by atoms with E-state index in [0.29, 0.717) is 5.75 Å². The van der Waals surface area contributed by atoms with Gasteiger partial charge in [-0.15, -0.1) is 0 Å². The second-order valence-electron chi connectivity index (χ2n) is 5.83. The number of benzene rings is 1. The Bertz CT molecular complexity index is 1060. The number of fused-ring (bicyclic) bond motifs is 1. The molecule has 28 heavy (non-hydrogen) atoms. The van der Waals surface area contributed by atoms with Crippen LogP contribution in [0.3, 0.4) is 0 Å². The first-order valence-corrected chi connectivity index (χ1v) is 8.32. The molecule has 0 atom stereocenters. The maximum atomic E-state index is 13.0. The van der Waals surface area contributed by atoms with Crippen LogP contribution in [0.4, 0.5) is 18.9 Å². The van der Waals surface area contributed by atoms with Crippen LogP contribution in [0.5, 0.6) is 11.5 Å². The number of aromatic nitrogens is 2. The van der Waals surface area contributed by atoms with E-state index in [1.165, 1.54) is 39.3 Å². The maximum Gasteiger partial charge on any atom is 0.417 e. The largest absolute Gasteiger partial charge is 0.495 e. The maximum absolute atomic E-state index is 13.0. The van der Waals surface area contributed by atoms with Crippen LogP contribution in [0, 0.1) is 6.92 Å². The molecule has 3 rings (SSSR count). The number of ether oxygens (including phenoxy) is 2. The van der Waals surface area contributed by atoms with E-state index < -0.39 is 17.6 Å². The zero-order valence-electron chi connectivity index (χ0n) is 15.0. The minimum absolute atomic E-state index is 0.0305. The first-order chi connectivity index (χ1) is 13.2. The summed E-state index contributed by atoms with van der Waals surface area (Å²) in [6, 6.07) is 5.03. The molecule has 1 aromatic carbocycles. The molecule has 0 saturated heterocycles. The van der Waals surface area contributed by atoms with Gasteiger partial charge in [0.15, 0.2) is 0 Å². The number of imidazole rings is 1. The average Bonchev–Trinajstić information content (AvgIpc) is 2.96. The number of nitrogens with one attached hydrogen (secondary N) is 1. The molecular weight excluding hydrogens is 399 g/mol. The Morgan fingerprint density at radius 2 is 1.86 bits per heavy atom. The van der Waals surface area contributed by atoms with Crippen molar-refractivity contribution in [3.8, 4) is 11.5 Å². The number of hydrogen-bond donors (Lipinski definition) is 1. The standard InChI is InChI=1S/C18H15ClF3N3O3/c1-9-16(25-8-10(18(20,21)22)4-5-15(25)23-9)17(26)24-12-7-13(27-2)11(19)6-14(12)28-3/h4-8H,1-3H3,(H,24,26). The van der Waals surface area contributed by atoms with Gasteiger partial charge in [0.05, 0.1) is 36.2 Å². The Hall–Kier alpha value is -2.94. The fourth-order valence-corrected chi connectivity index (χ4v) is 2.97. The summed E-state index contributed by atoms with van der Waals surface area (Å²) in [6.45, 7) is 1.54. The smallest absolute Gasteiger partial charge is 0.417 e. The number of halogens is 4. The highest BCUT2D eigenvalue weighted by Crippen LogP contribution is 2.36. The normalized spacial score (nSPS) is 11.5. The lowest BCUT2D eigenvalue weighted by molar-refractivity contribution is -0.137. The third-order valence-electron chi connectivity index (χ3n) is 4.06. The molecule has 0 unspecified atom stereocenters. The lowest BCUT2D eigenvalue weighted by atomic mass is 10.2. The van der Waals surface area contributed by atoms with Crippen molar-refractivity contribution in [3.63, 3.8) is 0 Å². The van der Waals surface area contributed by atoms with Crippen molar-refractivity contribution in [2.75, 3.05) is 19.5 Å². The molecular formula is C18H15ClF3N3O3. The summed E-state index contributed by atoms with van der Waals surface area (Å²) < 4.78 is 50.6. The Balaban J connectivity index is 2.06. The number of nitrogens with zero attached hydrogens (tertiary/aromatic N) is 2. The average molecular weight is 414 g/mol. The van der Waals surface area contributed by atoms with Crippen LogP contribution in [0.25, 0.3) is 5.65 Å². The van der Waals surface area contributed by atoms with Crippen LogP contribution >= 0.6 is 11.6 Å². The Labute approximate surface area is 162 Å². The van der Waals surface area contributed by atoms with Crippen LogP contribution in [-0.4, -0.2) is 29.5 Å². The van der Waals surface area contributed by atoms with E-state index in [-0.39, 0.29) is 33.5 Å². The van der Waals surface area contributed by atoms with Gasteiger partial charge < -0.3 is 14.8 Å². The van der Waals surface area contributed by atoms with E-state index in [1.54, 1.807) is 0 Å².